The lowest BCUT2D eigenvalue weighted by Crippen LogP contribution is -2.38. The van der Waals surface area contributed by atoms with Crippen LogP contribution in [0, 0.1) is 11.3 Å². The van der Waals surface area contributed by atoms with Gasteiger partial charge in [-0.25, -0.2) is 0 Å². The van der Waals surface area contributed by atoms with Gasteiger partial charge in [-0.05, 0) is 24.2 Å². The normalized spacial score (nSPS) is 19.7. The second-order valence-corrected chi connectivity index (χ2v) is 6.62. The van der Waals surface area contributed by atoms with Gasteiger partial charge in [-0.2, -0.15) is 15.0 Å². The van der Waals surface area contributed by atoms with Gasteiger partial charge in [0.05, 0.1) is 13.2 Å². The number of hydrogen-bond donors (Lipinski definition) is 2. The van der Waals surface area contributed by atoms with Crippen LogP contribution in [-0.4, -0.2) is 53.7 Å². The van der Waals surface area contributed by atoms with Crippen LogP contribution in [0.2, 0.25) is 0 Å². The molecule has 2 heterocycles. The molecule has 2 fully saturated rings. The highest BCUT2D eigenvalue weighted by Gasteiger charge is 2.45. The van der Waals surface area contributed by atoms with Gasteiger partial charge >= 0.3 is 0 Å². The van der Waals surface area contributed by atoms with E-state index in [0.29, 0.717) is 44.7 Å². The predicted molar refractivity (Wildman–Crippen MR) is 86.1 cm³/mol. The average Bonchev–Trinajstić information content (AvgIpc) is 3.34. The Labute approximate surface area is 135 Å². The summed E-state index contributed by atoms with van der Waals surface area (Å²) in [6.45, 7) is 7.63. The van der Waals surface area contributed by atoms with E-state index in [-0.39, 0.29) is 23.1 Å². The molecule has 23 heavy (non-hydrogen) atoms. The largest absolute Gasteiger partial charge is 0.378 e. The summed E-state index contributed by atoms with van der Waals surface area (Å²) < 4.78 is 5.31. The van der Waals surface area contributed by atoms with Gasteiger partial charge in [0, 0.05) is 19.6 Å². The highest BCUT2D eigenvalue weighted by atomic mass is 16.5. The first-order valence-electron chi connectivity index (χ1n) is 8.13. The molecule has 3 N–H and O–H groups in total. The molecule has 1 aliphatic carbocycles. The number of hydrogen-bond acceptors (Lipinski definition) is 7. The molecule has 0 aromatic carbocycles. The number of ether oxygens (including phenoxy) is 1. The maximum Gasteiger partial charge on any atom is 0.289 e. The molecule has 1 saturated heterocycles. The quantitative estimate of drug-likeness (QED) is 0.811. The Balaban J connectivity index is 1.69. The lowest BCUT2D eigenvalue weighted by atomic mass is 9.92. The van der Waals surface area contributed by atoms with Crippen molar-refractivity contribution in [1.29, 1.82) is 0 Å². The number of amides is 1. The van der Waals surface area contributed by atoms with Crippen LogP contribution in [0.5, 0.6) is 0 Å². The molecule has 8 heteroatoms. The van der Waals surface area contributed by atoms with Crippen molar-refractivity contribution < 1.29 is 9.53 Å². The number of rotatable bonds is 5. The summed E-state index contributed by atoms with van der Waals surface area (Å²) in [5, 5.41) is 2.95. The molecule has 0 unspecified atom stereocenters. The van der Waals surface area contributed by atoms with Crippen LogP contribution >= 0.6 is 0 Å². The zero-order valence-corrected chi connectivity index (χ0v) is 13.7. The summed E-state index contributed by atoms with van der Waals surface area (Å²) >= 11 is 0. The Bertz CT molecular complexity index is 581. The van der Waals surface area contributed by atoms with Crippen LogP contribution in [0.3, 0.4) is 0 Å². The summed E-state index contributed by atoms with van der Waals surface area (Å²) in [5.74, 6) is 0.849. The van der Waals surface area contributed by atoms with Gasteiger partial charge < -0.3 is 20.7 Å². The van der Waals surface area contributed by atoms with Crippen molar-refractivity contribution in [2.24, 2.45) is 11.3 Å². The smallest absolute Gasteiger partial charge is 0.289 e. The number of morpholine rings is 1. The van der Waals surface area contributed by atoms with Crippen LogP contribution < -0.4 is 16.0 Å². The zero-order valence-electron chi connectivity index (χ0n) is 13.7. The summed E-state index contributed by atoms with van der Waals surface area (Å²) in [5.41, 5.74) is 5.98. The summed E-state index contributed by atoms with van der Waals surface area (Å²) in [6.07, 6.45) is 2.31. The van der Waals surface area contributed by atoms with E-state index in [4.69, 9.17) is 10.5 Å². The maximum absolute atomic E-state index is 12.4. The number of nitrogens with two attached hydrogens (primary N) is 1. The molecular formula is C15H24N6O2. The van der Waals surface area contributed by atoms with E-state index in [1.54, 1.807) is 0 Å². The van der Waals surface area contributed by atoms with E-state index < -0.39 is 0 Å². The molecule has 8 nitrogen and oxygen atoms in total. The molecule has 0 spiro atoms. The van der Waals surface area contributed by atoms with Gasteiger partial charge in [-0.3, -0.25) is 4.79 Å². The van der Waals surface area contributed by atoms with Crippen LogP contribution in [-0.2, 0) is 4.74 Å². The topological polar surface area (TPSA) is 106 Å². The number of aromatic nitrogens is 3. The van der Waals surface area contributed by atoms with Crippen molar-refractivity contribution in [1.82, 2.24) is 20.3 Å². The zero-order chi connectivity index (χ0) is 16.4. The predicted octanol–water partition coefficient (Wildman–Crippen LogP) is 0.456. The van der Waals surface area contributed by atoms with Gasteiger partial charge in [0.25, 0.3) is 5.91 Å². The molecule has 0 radical (unpaired) electrons. The molecule has 1 aromatic rings. The van der Waals surface area contributed by atoms with Crippen molar-refractivity contribution in [2.45, 2.75) is 26.7 Å². The second kappa shape index (κ2) is 6.27. The van der Waals surface area contributed by atoms with Crippen molar-refractivity contribution in [3.8, 4) is 0 Å². The third-order valence-electron chi connectivity index (χ3n) is 4.86. The van der Waals surface area contributed by atoms with Crippen molar-refractivity contribution in [3.63, 3.8) is 0 Å². The minimum atomic E-state index is -0.291. The minimum absolute atomic E-state index is 0.0663. The van der Waals surface area contributed by atoms with Gasteiger partial charge in [0.2, 0.25) is 17.7 Å². The van der Waals surface area contributed by atoms with Gasteiger partial charge in [-0.15, -0.1) is 0 Å². The lowest BCUT2D eigenvalue weighted by molar-refractivity contribution is 0.0929. The van der Waals surface area contributed by atoms with Gasteiger partial charge in [0.15, 0.2) is 0 Å². The molecule has 1 aromatic heterocycles. The van der Waals surface area contributed by atoms with E-state index in [0.717, 1.165) is 12.8 Å². The first-order valence-corrected chi connectivity index (χ1v) is 8.13. The molecule has 1 amide bonds. The average molecular weight is 320 g/mol. The minimum Gasteiger partial charge on any atom is -0.378 e. The van der Waals surface area contributed by atoms with E-state index in [1.165, 1.54) is 0 Å². The molecule has 2 aliphatic rings. The SMILES string of the molecule is CC(C)C1(CNC(=O)c2nc(N)nc(N3CCOCC3)n2)CC1. The molecule has 1 aliphatic heterocycles. The molecule has 0 atom stereocenters. The Morgan fingerprint density at radius 2 is 2.00 bits per heavy atom. The van der Waals surface area contributed by atoms with Crippen LogP contribution in [0.4, 0.5) is 11.9 Å². The fourth-order valence-electron chi connectivity index (χ4n) is 2.84. The lowest BCUT2D eigenvalue weighted by Gasteiger charge is -2.26. The summed E-state index contributed by atoms with van der Waals surface area (Å²) in [4.78, 5) is 26.7. The molecule has 3 rings (SSSR count). The highest BCUT2D eigenvalue weighted by molar-refractivity contribution is 5.91. The second-order valence-electron chi connectivity index (χ2n) is 6.62. The van der Waals surface area contributed by atoms with E-state index in [1.807, 2.05) is 4.90 Å². The Morgan fingerprint density at radius 3 is 2.61 bits per heavy atom. The fraction of sp³-hybridized carbons (Fsp3) is 0.733. The number of nitrogens with zero attached hydrogens (tertiary/aromatic N) is 4. The van der Waals surface area contributed by atoms with E-state index in [9.17, 15) is 4.79 Å². The number of anilines is 2. The van der Waals surface area contributed by atoms with Crippen molar-refractivity contribution in [3.05, 3.63) is 5.82 Å². The molecule has 1 saturated carbocycles. The monoisotopic (exact) mass is 320 g/mol. The third-order valence-corrected chi connectivity index (χ3v) is 4.86. The summed E-state index contributed by atoms with van der Waals surface area (Å²) in [7, 11) is 0. The Kier molecular flexibility index (Phi) is 4.34. The fourth-order valence-corrected chi connectivity index (χ4v) is 2.84. The Hall–Kier alpha value is -1.96. The van der Waals surface area contributed by atoms with Crippen LogP contribution in [0.15, 0.2) is 0 Å². The number of carbonyl (C=O) groups is 1. The number of nitrogen functional groups attached to an aromatic ring is 1. The number of carbonyl (C=O) groups excluding carboxylic acids is 1. The first-order chi connectivity index (χ1) is 11.0. The van der Waals surface area contributed by atoms with E-state index >= 15 is 0 Å². The highest BCUT2D eigenvalue weighted by Crippen LogP contribution is 2.51. The van der Waals surface area contributed by atoms with Crippen molar-refractivity contribution >= 4 is 17.8 Å². The number of nitrogens with one attached hydrogen (secondary N) is 1. The van der Waals surface area contributed by atoms with Crippen LogP contribution in [0.25, 0.3) is 0 Å². The van der Waals surface area contributed by atoms with E-state index in [2.05, 4.69) is 34.1 Å². The Morgan fingerprint density at radius 1 is 1.30 bits per heavy atom. The molecular weight excluding hydrogens is 296 g/mol. The van der Waals surface area contributed by atoms with Crippen molar-refractivity contribution in [2.75, 3.05) is 43.5 Å². The summed E-state index contributed by atoms with van der Waals surface area (Å²) in [6, 6.07) is 0. The van der Waals surface area contributed by atoms with Gasteiger partial charge in [-0.1, -0.05) is 13.8 Å². The third kappa shape index (κ3) is 3.52. The molecule has 0 bridgehead atoms. The first kappa shape index (κ1) is 15.9. The molecule has 126 valence electrons. The van der Waals surface area contributed by atoms with Crippen LogP contribution in [0.1, 0.15) is 37.3 Å². The van der Waals surface area contributed by atoms with Gasteiger partial charge in [0.1, 0.15) is 0 Å². The maximum atomic E-state index is 12.4. The standard InChI is InChI=1S/C15H24N6O2/c1-10(2)15(3-4-15)9-17-12(22)11-18-13(16)20-14(19-11)21-5-7-23-8-6-21/h10H,3-9H2,1-2H3,(H,17,22)(H2,16,18,19,20).